The van der Waals surface area contributed by atoms with Gasteiger partial charge in [-0.15, -0.1) is 0 Å². The van der Waals surface area contributed by atoms with Crippen LogP contribution in [0.5, 0.6) is 0 Å². The highest BCUT2D eigenvalue weighted by atomic mass is 16.4. The first-order chi connectivity index (χ1) is 12.1. The molecule has 25 heavy (non-hydrogen) atoms. The minimum Gasteiger partial charge on any atom is -0.481 e. The third-order valence-electron chi connectivity index (χ3n) is 6.12. The summed E-state index contributed by atoms with van der Waals surface area (Å²) in [6, 6.07) is 3.87. The molecule has 2 unspecified atom stereocenters. The fraction of sp³-hybridized carbons (Fsp3) is 0.684. The SMILES string of the molecule is O=C(O)C1CN(C(=O)C2CCN(Cc3ccco3)CC2)CC1C1CC1. The number of carbonyl (C=O) groups is 2. The Bertz CT molecular complexity index is 617. The Balaban J connectivity index is 1.31. The number of rotatable bonds is 5. The predicted molar refractivity (Wildman–Crippen MR) is 90.6 cm³/mol. The van der Waals surface area contributed by atoms with Crippen LogP contribution in [0.4, 0.5) is 0 Å². The van der Waals surface area contributed by atoms with Crippen LogP contribution in [0.15, 0.2) is 22.8 Å². The molecule has 4 rings (SSSR count). The molecule has 1 saturated carbocycles. The number of carbonyl (C=O) groups excluding carboxylic acids is 1. The van der Waals surface area contributed by atoms with Crippen LogP contribution in [0, 0.1) is 23.7 Å². The van der Waals surface area contributed by atoms with Gasteiger partial charge >= 0.3 is 5.97 Å². The van der Waals surface area contributed by atoms with E-state index >= 15 is 0 Å². The largest absolute Gasteiger partial charge is 0.481 e. The highest BCUT2D eigenvalue weighted by Gasteiger charge is 2.47. The van der Waals surface area contributed by atoms with E-state index in [0.717, 1.165) is 51.1 Å². The van der Waals surface area contributed by atoms with Crippen LogP contribution in [0.3, 0.4) is 0 Å². The molecule has 3 heterocycles. The Kier molecular flexibility index (Phi) is 4.54. The first-order valence-corrected chi connectivity index (χ1v) is 9.38. The lowest BCUT2D eigenvalue weighted by Crippen LogP contribution is -2.41. The second-order valence-electron chi connectivity index (χ2n) is 7.82. The maximum absolute atomic E-state index is 12.9. The first kappa shape index (κ1) is 16.6. The molecule has 1 aromatic heterocycles. The van der Waals surface area contributed by atoms with Gasteiger partial charge in [0.15, 0.2) is 0 Å². The smallest absolute Gasteiger partial charge is 0.308 e. The molecule has 2 atom stereocenters. The van der Waals surface area contributed by atoms with Crippen molar-refractivity contribution in [2.45, 2.75) is 32.2 Å². The number of furan rings is 1. The standard InChI is InChI=1S/C19H26N2O4/c22-18(21-11-16(13-3-4-13)17(12-21)19(23)24)14-5-7-20(8-6-14)10-15-2-1-9-25-15/h1-2,9,13-14,16-17H,3-8,10-12H2,(H,23,24). The summed E-state index contributed by atoms with van der Waals surface area (Å²) in [5.41, 5.74) is 0. The number of likely N-dealkylation sites (tertiary alicyclic amines) is 2. The van der Waals surface area contributed by atoms with Crippen molar-refractivity contribution < 1.29 is 19.1 Å². The van der Waals surface area contributed by atoms with Gasteiger partial charge in [-0.2, -0.15) is 0 Å². The zero-order valence-corrected chi connectivity index (χ0v) is 14.5. The summed E-state index contributed by atoms with van der Waals surface area (Å²) in [6.45, 7) is 3.62. The Labute approximate surface area is 147 Å². The quantitative estimate of drug-likeness (QED) is 0.883. The second-order valence-corrected chi connectivity index (χ2v) is 7.82. The number of aliphatic carboxylic acids is 1. The molecule has 6 nitrogen and oxygen atoms in total. The van der Waals surface area contributed by atoms with Gasteiger partial charge in [-0.25, -0.2) is 0 Å². The lowest BCUT2D eigenvalue weighted by atomic mass is 9.92. The lowest BCUT2D eigenvalue weighted by molar-refractivity contribution is -0.143. The van der Waals surface area contributed by atoms with Crippen LogP contribution in [0.1, 0.15) is 31.4 Å². The van der Waals surface area contributed by atoms with Gasteiger partial charge in [0.2, 0.25) is 5.91 Å². The Morgan fingerprint density at radius 2 is 1.92 bits per heavy atom. The van der Waals surface area contributed by atoms with Gasteiger partial charge in [0.25, 0.3) is 0 Å². The Morgan fingerprint density at radius 3 is 2.52 bits per heavy atom. The van der Waals surface area contributed by atoms with Crippen molar-refractivity contribution in [2.24, 2.45) is 23.7 Å². The molecular formula is C19H26N2O4. The van der Waals surface area contributed by atoms with Crippen LogP contribution < -0.4 is 0 Å². The molecule has 136 valence electrons. The molecule has 3 aliphatic rings. The average molecular weight is 346 g/mol. The van der Waals surface area contributed by atoms with Crippen molar-refractivity contribution in [3.63, 3.8) is 0 Å². The third-order valence-corrected chi connectivity index (χ3v) is 6.12. The summed E-state index contributed by atoms with van der Waals surface area (Å²) in [6.07, 6.45) is 5.64. The fourth-order valence-corrected chi connectivity index (χ4v) is 4.49. The summed E-state index contributed by atoms with van der Waals surface area (Å²) in [5.74, 6) is 0.763. The molecule has 0 radical (unpaired) electrons. The summed E-state index contributed by atoms with van der Waals surface area (Å²) < 4.78 is 5.39. The molecule has 3 fully saturated rings. The zero-order chi connectivity index (χ0) is 17.4. The number of amides is 1. The van der Waals surface area contributed by atoms with E-state index in [4.69, 9.17) is 4.42 Å². The Morgan fingerprint density at radius 1 is 1.16 bits per heavy atom. The lowest BCUT2D eigenvalue weighted by Gasteiger charge is -2.32. The van der Waals surface area contributed by atoms with Crippen LogP contribution in [-0.4, -0.2) is 53.0 Å². The predicted octanol–water partition coefficient (Wildman–Crippen LogP) is 2.06. The topological polar surface area (TPSA) is 74.0 Å². The van der Waals surface area contributed by atoms with Gasteiger partial charge in [-0.3, -0.25) is 14.5 Å². The van der Waals surface area contributed by atoms with E-state index in [1.54, 1.807) is 6.26 Å². The third kappa shape index (κ3) is 3.59. The Hall–Kier alpha value is -1.82. The molecule has 1 aromatic rings. The molecule has 1 amide bonds. The zero-order valence-electron chi connectivity index (χ0n) is 14.5. The van der Waals surface area contributed by atoms with Crippen LogP contribution >= 0.6 is 0 Å². The molecule has 1 N–H and O–H groups in total. The van der Waals surface area contributed by atoms with E-state index in [9.17, 15) is 14.7 Å². The number of carboxylic acids is 1. The first-order valence-electron chi connectivity index (χ1n) is 9.38. The van der Waals surface area contributed by atoms with Crippen molar-refractivity contribution >= 4 is 11.9 Å². The second kappa shape index (κ2) is 6.83. The maximum Gasteiger partial charge on any atom is 0.308 e. The molecule has 0 spiro atoms. The molecule has 1 aliphatic carbocycles. The summed E-state index contributed by atoms with van der Waals surface area (Å²) in [4.78, 5) is 28.6. The van der Waals surface area contributed by atoms with Crippen molar-refractivity contribution in [1.29, 1.82) is 0 Å². The monoisotopic (exact) mass is 346 g/mol. The van der Waals surface area contributed by atoms with E-state index in [-0.39, 0.29) is 23.7 Å². The number of piperidine rings is 1. The van der Waals surface area contributed by atoms with Gasteiger partial charge in [-0.05, 0) is 62.7 Å². The minimum atomic E-state index is -0.736. The summed E-state index contributed by atoms with van der Waals surface area (Å²) in [7, 11) is 0. The van der Waals surface area contributed by atoms with Gasteiger partial charge in [0.05, 0.1) is 18.7 Å². The molecular weight excluding hydrogens is 320 g/mol. The number of nitrogens with zero attached hydrogens (tertiary/aromatic N) is 2. The highest BCUT2D eigenvalue weighted by Crippen LogP contribution is 2.44. The summed E-state index contributed by atoms with van der Waals surface area (Å²) >= 11 is 0. The number of hydrogen-bond acceptors (Lipinski definition) is 4. The number of hydrogen-bond donors (Lipinski definition) is 1. The van der Waals surface area contributed by atoms with Crippen LogP contribution in [0.25, 0.3) is 0 Å². The van der Waals surface area contributed by atoms with Crippen molar-refractivity contribution in [2.75, 3.05) is 26.2 Å². The van der Waals surface area contributed by atoms with Gasteiger partial charge < -0.3 is 14.4 Å². The minimum absolute atomic E-state index is 0.0419. The molecule has 2 saturated heterocycles. The number of carboxylic acid groups (broad SMARTS) is 1. The van der Waals surface area contributed by atoms with Gasteiger partial charge in [0.1, 0.15) is 5.76 Å². The van der Waals surface area contributed by atoms with Crippen molar-refractivity contribution in [3.05, 3.63) is 24.2 Å². The molecule has 2 aliphatic heterocycles. The molecule has 0 bridgehead atoms. The fourth-order valence-electron chi connectivity index (χ4n) is 4.49. The highest BCUT2D eigenvalue weighted by molar-refractivity contribution is 5.81. The normalized spacial score (nSPS) is 28.4. The van der Waals surface area contributed by atoms with Crippen LogP contribution in [-0.2, 0) is 16.1 Å². The van der Waals surface area contributed by atoms with E-state index in [0.29, 0.717) is 19.0 Å². The van der Waals surface area contributed by atoms with E-state index in [1.807, 2.05) is 17.0 Å². The maximum atomic E-state index is 12.9. The van der Waals surface area contributed by atoms with E-state index in [2.05, 4.69) is 4.90 Å². The van der Waals surface area contributed by atoms with Gasteiger partial charge in [-0.1, -0.05) is 0 Å². The van der Waals surface area contributed by atoms with E-state index in [1.165, 1.54) is 0 Å². The van der Waals surface area contributed by atoms with E-state index < -0.39 is 5.97 Å². The van der Waals surface area contributed by atoms with Crippen molar-refractivity contribution in [1.82, 2.24) is 9.80 Å². The average Bonchev–Trinajstić information content (AvgIpc) is 3.15. The van der Waals surface area contributed by atoms with Crippen molar-refractivity contribution in [3.8, 4) is 0 Å². The van der Waals surface area contributed by atoms with Crippen LogP contribution in [0.2, 0.25) is 0 Å². The molecule has 0 aromatic carbocycles. The summed E-state index contributed by atoms with van der Waals surface area (Å²) in [5, 5.41) is 9.47. The molecule has 6 heteroatoms. The van der Waals surface area contributed by atoms with Gasteiger partial charge in [0, 0.05) is 19.0 Å².